The zero-order valence-electron chi connectivity index (χ0n) is 8.25. The Hall–Kier alpha value is -0.820. The SMILES string of the molecule is Cc1cc(C)cc(C2CC2CO)c1. The predicted octanol–water partition coefficient (Wildman–Crippen LogP) is 2.40. The van der Waals surface area contributed by atoms with E-state index in [0.717, 1.165) is 0 Å². The third-order valence-electron chi connectivity index (χ3n) is 2.83. The maximum atomic E-state index is 8.98. The fraction of sp³-hybridized carbons (Fsp3) is 0.500. The summed E-state index contributed by atoms with van der Waals surface area (Å²) in [7, 11) is 0. The molecule has 13 heavy (non-hydrogen) atoms. The number of hydrogen-bond donors (Lipinski definition) is 1. The van der Waals surface area contributed by atoms with Crippen LogP contribution in [-0.2, 0) is 0 Å². The highest BCUT2D eigenvalue weighted by molar-refractivity contribution is 5.34. The van der Waals surface area contributed by atoms with Crippen LogP contribution in [-0.4, -0.2) is 11.7 Å². The van der Waals surface area contributed by atoms with Gasteiger partial charge in [0.15, 0.2) is 0 Å². The lowest BCUT2D eigenvalue weighted by molar-refractivity contribution is 0.274. The van der Waals surface area contributed by atoms with E-state index in [4.69, 9.17) is 5.11 Å². The van der Waals surface area contributed by atoms with Gasteiger partial charge >= 0.3 is 0 Å². The summed E-state index contributed by atoms with van der Waals surface area (Å²) in [6, 6.07) is 6.68. The van der Waals surface area contributed by atoms with Crippen LogP contribution in [0.25, 0.3) is 0 Å². The van der Waals surface area contributed by atoms with Crippen LogP contribution < -0.4 is 0 Å². The molecule has 1 aromatic carbocycles. The van der Waals surface area contributed by atoms with Crippen LogP contribution in [0, 0.1) is 19.8 Å². The average molecular weight is 176 g/mol. The molecule has 1 aliphatic carbocycles. The van der Waals surface area contributed by atoms with E-state index in [0.29, 0.717) is 18.4 Å². The van der Waals surface area contributed by atoms with Crippen molar-refractivity contribution in [1.82, 2.24) is 0 Å². The summed E-state index contributed by atoms with van der Waals surface area (Å²) >= 11 is 0. The lowest BCUT2D eigenvalue weighted by atomic mass is 10.0. The van der Waals surface area contributed by atoms with E-state index >= 15 is 0 Å². The van der Waals surface area contributed by atoms with Crippen molar-refractivity contribution < 1.29 is 5.11 Å². The molecule has 0 amide bonds. The normalized spacial score (nSPS) is 26.1. The number of aliphatic hydroxyl groups excluding tert-OH is 1. The molecule has 1 fully saturated rings. The third-order valence-corrected chi connectivity index (χ3v) is 2.83. The molecule has 0 saturated heterocycles. The lowest BCUT2D eigenvalue weighted by Gasteiger charge is -2.03. The van der Waals surface area contributed by atoms with Gasteiger partial charge < -0.3 is 5.11 Å². The minimum Gasteiger partial charge on any atom is -0.396 e. The van der Waals surface area contributed by atoms with Crippen LogP contribution in [0.15, 0.2) is 18.2 Å². The van der Waals surface area contributed by atoms with Crippen molar-refractivity contribution in [2.75, 3.05) is 6.61 Å². The molecule has 0 radical (unpaired) electrons. The van der Waals surface area contributed by atoms with Crippen molar-refractivity contribution in [1.29, 1.82) is 0 Å². The third kappa shape index (κ3) is 1.75. The molecule has 0 bridgehead atoms. The second-order valence-electron chi connectivity index (χ2n) is 4.21. The second kappa shape index (κ2) is 3.15. The molecule has 2 rings (SSSR count). The van der Waals surface area contributed by atoms with Gasteiger partial charge in [-0.05, 0) is 37.7 Å². The highest BCUT2D eigenvalue weighted by atomic mass is 16.3. The molecular formula is C12H16O. The van der Waals surface area contributed by atoms with Crippen molar-refractivity contribution in [2.45, 2.75) is 26.2 Å². The highest BCUT2D eigenvalue weighted by Crippen LogP contribution is 2.47. The molecular weight excluding hydrogens is 160 g/mol. The van der Waals surface area contributed by atoms with E-state index in [1.807, 2.05) is 0 Å². The Labute approximate surface area is 79.4 Å². The minimum atomic E-state index is 0.345. The van der Waals surface area contributed by atoms with Gasteiger partial charge in [0.25, 0.3) is 0 Å². The number of benzene rings is 1. The predicted molar refractivity (Wildman–Crippen MR) is 53.8 cm³/mol. The van der Waals surface area contributed by atoms with Crippen LogP contribution in [0.3, 0.4) is 0 Å². The first-order chi connectivity index (χ1) is 6.20. The monoisotopic (exact) mass is 176 g/mol. The lowest BCUT2D eigenvalue weighted by Crippen LogP contribution is -1.90. The highest BCUT2D eigenvalue weighted by Gasteiger charge is 2.37. The van der Waals surface area contributed by atoms with E-state index < -0.39 is 0 Å². The van der Waals surface area contributed by atoms with Gasteiger partial charge in [0.05, 0.1) is 0 Å². The second-order valence-corrected chi connectivity index (χ2v) is 4.21. The van der Waals surface area contributed by atoms with E-state index in [-0.39, 0.29) is 0 Å². The first kappa shape index (κ1) is 8.76. The number of aryl methyl sites for hydroxylation is 2. The Morgan fingerprint density at radius 2 is 1.85 bits per heavy atom. The quantitative estimate of drug-likeness (QED) is 0.733. The molecule has 1 saturated carbocycles. The van der Waals surface area contributed by atoms with Crippen LogP contribution in [0.5, 0.6) is 0 Å². The van der Waals surface area contributed by atoms with Gasteiger partial charge in [-0.2, -0.15) is 0 Å². The topological polar surface area (TPSA) is 20.2 Å². The summed E-state index contributed by atoms with van der Waals surface area (Å²) in [5.41, 5.74) is 4.08. The molecule has 0 heterocycles. The van der Waals surface area contributed by atoms with Gasteiger partial charge in [0.2, 0.25) is 0 Å². The molecule has 0 aromatic heterocycles. The largest absolute Gasteiger partial charge is 0.396 e. The molecule has 2 unspecified atom stereocenters. The zero-order chi connectivity index (χ0) is 9.42. The first-order valence-corrected chi connectivity index (χ1v) is 4.90. The van der Waals surface area contributed by atoms with Crippen LogP contribution in [0.1, 0.15) is 29.0 Å². The van der Waals surface area contributed by atoms with E-state index in [9.17, 15) is 0 Å². The van der Waals surface area contributed by atoms with Gasteiger partial charge in [-0.15, -0.1) is 0 Å². The van der Waals surface area contributed by atoms with E-state index in [1.165, 1.54) is 23.1 Å². The van der Waals surface area contributed by atoms with E-state index in [2.05, 4.69) is 32.0 Å². The number of rotatable bonds is 2. The zero-order valence-corrected chi connectivity index (χ0v) is 8.25. The first-order valence-electron chi connectivity index (χ1n) is 4.90. The maximum Gasteiger partial charge on any atom is 0.0465 e. The molecule has 1 N–H and O–H groups in total. The van der Waals surface area contributed by atoms with Gasteiger partial charge in [0.1, 0.15) is 0 Å². The Morgan fingerprint density at radius 3 is 2.31 bits per heavy atom. The number of hydrogen-bond acceptors (Lipinski definition) is 1. The van der Waals surface area contributed by atoms with Crippen LogP contribution in [0.2, 0.25) is 0 Å². The Bertz CT molecular complexity index is 297. The average Bonchev–Trinajstić information content (AvgIpc) is 2.80. The number of aliphatic hydroxyl groups is 1. The summed E-state index contributed by atoms with van der Waals surface area (Å²) in [5.74, 6) is 1.16. The van der Waals surface area contributed by atoms with Crippen molar-refractivity contribution in [3.63, 3.8) is 0 Å². The van der Waals surface area contributed by atoms with Gasteiger partial charge in [-0.1, -0.05) is 29.3 Å². The Kier molecular flexibility index (Phi) is 2.12. The Morgan fingerprint density at radius 1 is 1.23 bits per heavy atom. The molecule has 2 atom stereocenters. The molecule has 70 valence electrons. The minimum absolute atomic E-state index is 0.345. The van der Waals surface area contributed by atoms with Crippen molar-refractivity contribution in [3.8, 4) is 0 Å². The standard InChI is InChI=1S/C12H16O/c1-8-3-9(2)5-10(4-8)12-6-11(12)7-13/h3-5,11-13H,6-7H2,1-2H3. The van der Waals surface area contributed by atoms with E-state index in [1.54, 1.807) is 0 Å². The van der Waals surface area contributed by atoms with Crippen molar-refractivity contribution >= 4 is 0 Å². The fourth-order valence-electron chi connectivity index (χ4n) is 2.08. The molecule has 1 nitrogen and oxygen atoms in total. The fourth-order valence-corrected chi connectivity index (χ4v) is 2.08. The van der Waals surface area contributed by atoms with Crippen molar-refractivity contribution in [3.05, 3.63) is 34.9 Å². The molecule has 0 aliphatic heterocycles. The van der Waals surface area contributed by atoms with Crippen molar-refractivity contribution in [2.24, 2.45) is 5.92 Å². The summed E-state index contributed by atoms with van der Waals surface area (Å²) in [4.78, 5) is 0. The molecule has 1 aromatic rings. The van der Waals surface area contributed by atoms with Gasteiger partial charge in [0, 0.05) is 6.61 Å². The summed E-state index contributed by atoms with van der Waals surface area (Å²) < 4.78 is 0. The summed E-state index contributed by atoms with van der Waals surface area (Å²) in [6.07, 6.45) is 1.17. The van der Waals surface area contributed by atoms with Crippen LogP contribution >= 0.6 is 0 Å². The summed E-state index contributed by atoms with van der Waals surface area (Å²) in [6.45, 7) is 4.61. The Balaban J connectivity index is 2.22. The molecule has 1 aliphatic rings. The van der Waals surface area contributed by atoms with Crippen LogP contribution in [0.4, 0.5) is 0 Å². The molecule has 1 heteroatoms. The van der Waals surface area contributed by atoms with Gasteiger partial charge in [-0.25, -0.2) is 0 Å². The summed E-state index contributed by atoms with van der Waals surface area (Å²) in [5, 5.41) is 8.98. The molecule has 0 spiro atoms. The van der Waals surface area contributed by atoms with Gasteiger partial charge in [-0.3, -0.25) is 0 Å². The smallest absolute Gasteiger partial charge is 0.0465 e. The maximum absolute atomic E-state index is 8.98.